The molecule has 1 heterocycles. The van der Waals surface area contributed by atoms with Crippen LogP contribution in [0.5, 0.6) is 5.75 Å². The first-order chi connectivity index (χ1) is 19.0. The normalized spacial score (nSPS) is 17.3. The van der Waals surface area contributed by atoms with Crippen LogP contribution < -0.4 is 15.0 Å². The second-order valence-corrected chi connectivity index (χ2v) is 10.2. The lowest BCUT2D eigenvalue weighted by Crippen LogP contribution is -2.36. The minimum absolute atomic E-state index is 0.0250. The molecule has 6 rings (SSSR count). The predicted octanol–water partition coefficient (Wildman–Crippen LogP) is 6.77. The van der Waals surface area contributed by atoms with Gasteiger partial charge in [-0.05, 0) is 78.8 Å². The molecule has 1 atom stereocenters. The highest BCUT2D eigenvalue weighted by atomic mass is 16.5. The number of para-hydroxylation sites is 2. The first-order valence-electron chi connectivity index (χ1n) is 13.4. The highest BCUT2D eigenvalue weighted by Gasteiger charge is 2.30. The van der Waals surface area contributed by atoms with E-state index < -0.39 is 0 Å². The molecule has 4 aromatic carbocycles. The van der Waals surface area contributed by atoms with Crippen LogP contribution in [0.2, 0.25) is 0 Å². The molecule has 0 aromatic heterocycles. The first kappa shape index (κ1) is 24.7. The maximum absolute atomic E-state index is 13.5. The Kier molecular flexibility index (Phi) is 6.72. The molecule has 2 aliphatic rings. The second kappa shape index (κ2) is 10.6. The smallest absolute Gasteiger partial charge is 0.294 e. The van der Waals surface area contributed by atoms with E-state index in [4.69, 9.17) is 4.74 Å². The number of rotatable bonds is 5. The quantitative estimate of drug-likeness (QED) is 0.299. The van der Waals surface area contributed by atoms with Gasteiger partial charge >= 0.3 is 0 Å². The number of ether oxygens (including phenoxy) is 1. The van der Waals surface area contributed by atoms with E-state index in [0.29, 0.717) is 17.9 Å². The molecule has 0 radical (unpaired) electrons. The third kappa shape index (κ3) is 5.21. The van der Waals surface area contributed by atoms with Crippen LogP contribution in [0.1, 0.15) is 57.1 Å². The zero-order chi connectivity index (χ0) is 26.8. The molecule has 1 aliphatic heterocycles. The molecule has 1 aliphatic carbocycles. The number of nitrogens with one attached hydrogen (secondary N) is 1. The molecule has 0 bridgehead atoms. The third-order valence-electron chi connectivity index (χ3n) is 7.40. The maximum Gasteiger partial charge on any atom is 0.294 e. The van der Waals surface area contributed by atoms with Crippen molar-refractivity contribution in [3.63, 3.8) is 0 Å². The number of anilines is 1. The van der Waals surface area contributed by atoms with E-state index in [0.717, 1.165) is 41.6 Å². The molecule has 0 saturated carbocycles. The lowest BCUT2D eigenvalue weighted by molar-refractivity contribution is -0.117. The fraction of sp³-hybridized carbons (Fsp3) is 0.176. The van der Waals surface area contributed by atoms with Gasteiger partial charge in [-0.15, -0.1) is 0 Å². The zero-order valence-corrected chi connectivity index (χ0v) is 21.9. The molecule has 39 heavy (non-hydrogen) atoms. The number of hydrogen-bond donors (Lipinski definition) is 1. The Bertz CT molecular complexity index is 1570. The van der Waals surface area contributed by atoms with Crippen molar-refractivity contribution in [2.24, 2.45) is 0 Å². The summed E-state index contributed by atoms with van der Waals surface area (Å²) in [4.78, 5) is 28.3. The molecular weight excluding hydrogens is 484 g/mol. The topological polar surface area (TPSA) is 58.6 Å². The molecule has 0 spiro atoms. The van der Waals surface area contributed by atoms with Crippen LogP contribution in [-0.2, 0) is 17.8 Å². The number of carbonyl (C=O) groups is 2. The van der Waals surface area contributed by atoms with Gasteiger partial charge in [0.2, 0.25) is 0 Å². The van der Waals surface area contributed by atoms with Crippen LogP contribution in [-0.4, -0.2) is 11.8 Å². The fourth-order valence-electron chi connectivity index (χ4n) is 5.44. The standard InChI is InChI=1S/C34H30N2O3/c1-23-8-6-9-25(20-23)22-36-30-14-4-5-15-31(30)39-32(34(36)38)21-24-16-18-27(19-17-24)33(37)35-29-13-7-11-26-10-2-3-12-28(26)29/h2-6,8-10,12,14-21,29H,7,11,13,22H2,1H3,(H,35,37). The average Bonchev–Trinajstić information content (AvgIpc) is 2.96. The number of benzene rings is 4. The Labute approximate surface area is 228 Å². The summed E-state index contributed by atoms with van der Waals surface area (Å²) in [6, 6.07) is 31.4. The Morgan fingerprint density at radius 1 is 0.974 bits per heavy atom. The molecule has 194 valence electrons. The Morgan fingerprint density at radius 3 is 2.62 bits per heavy atom. The van der Waals surface area contributed by atoms with Crippen molar-refractivity contribution in [3.05, 3.63) is 136 Å². The minimum atomic E-state index is -0.201. The molecule has 1 unspecified atom stereocenters. The highest BCUT2D eigenvalue weighted by Crippen LogP contribution is 2.36. The van der Waals surface area contributed by atoms with Gasteiger partial charge in [0.1, 0.15) is 0 Å². The third-order valence-corrected chi connectivity index (χ3v) is 7.40. The molecular formula is C34H30N2O3. The summed E-state index contributed by atoms with van der Waals surface area (Å²) in [6.45, 7) is 2.49. The molecule has 2 amide bonds. The number of carbonyl (C=O) groups excluding carboxylic acids is 2. The van der Waals surface area contributed by atoms with Gasteiger partial charge in [0, 0.05) is 5.56 Å². The fourth-order valence-corrected chi connectivity index (χ4v) is 5.44. The summed E-state index contributed by atoms with van der Waals surface area (Å²) in [5, 5.41) is 3.20. The van der Waals surface area contributed by atoms with Crippen molar-refractivity contribution < 1.29 is 14.3 Å². The monoisotopic (exact) mass is 514 g/mol. The Morgan fingerprint density at radius 2 is 1.77 bits per heavy atom. The Hall–Kier alpha value is -4.64. The molecule has 0 saturated heterocycles. The SMILES string of the molecule is Cc1cccc(CN2C(=O)C(=Cc3ccc(C(=O)NC4CCCc5ccccc54)cc3)Oc3ccccc32)c1. The molecule has 0 fully saturated rings. The van der Waals surface area contributed by atoms with Gasteiger partial charge in [0.25, 0.3) is 11.8 Å². The summed E-state index contributed by atoms with van der Waals surface area (Å²) in [6.07, 6.45) is 4.79. The molecule has 5 nitrogen and oxygen atoms in total. The summed E-state index contributed by atoms with van der Waals surface area (Å²) < 4.78 is 6.04. The van der Waals surface area contributed by atoms with Crippen LogP contribution in [0.15, 0.2) is 103 Å². The summed E-state index contributed by atoms with van der Waals surface area (Å²) in [5.74, 6) is 0.587. The Balaban J connectivity index is 1.21. The second-order valence-electron chi connectivity index (χ2n) is 10.2. The maximum atomic E-state index is 13.5. The first-order valence-corrected chi connectivity index (χ1v) is 13.4. The van der Waals surface area contributed by atoms with Gasteiger partial charge in [-0.1, -0.05) is 78.4 Å². The number of aryl methyl sites for hydroxylation is 2. The molecule has 5 heteroatoms. The molecule has 1 N–H and O–H groups in total. The van der Waals surface area contributed by atoms with Gasteiger partial charge in [-0.3, -0.25) is 14.5 Å². The van der Waals surface area contributed by atoms with Crippen molar-refractivity contribution in [1.82, 2.24) is 5.32 Å². The van der Waals surface area contributed by atoms with Gasteiger partial charge in [-0.2, -0.15) is 0 Å². The number of amides is 2. The van der Waals surface area contributed by atoms with Crippen molar-refractivity contribution >= 4 is 23.6 Å². The summed E-state index contributed by atoms with van der Waals surface area (Å²) in [5.41, 5.74) is 6.84. The van der Waals surface area contributed by atoms with Gasteiger partial charge in [0.05, 0.1) is 18.3 Å². The highest BCUT2D eigenvalue weighted by molar-refractivity contribution is 6.09. The number of nitrogens with zero attached hydrogens (tertiary/aromatic N) is 1. The molecule has 4 aromatic rings. The van der Waals surface area contributed by atoms with E-state index in [2.05, 4.69) is 29.6 Å². The van der Waals surface area contributed by atoms with E-state index >= 15 is 0 Å². The van der Waals surface area contributed by atoms with Crippen molar-refractivity contribution in [2.75, 3.05) is 4.90 Å². The van der Waals surface area contributed by atoms with Crippen molar-refractivity contribution in [1.29, 1.82) is 0 Å². The van der Waals surface area contributed by atoms with Crippen LogP contribution in [0, 0.1) is 6.92 Å². The summed E-state index contributed by atoms with van der Waals surface area (Å²) in [7, 11) is 0. The van der Waals surface area contributed by atoms with E-state index in [1.54, 1.807) is 23.1 Å². The van der Waals surface area contributed by atoms with Gasteiger partial charge in [0.15, 0.2) is 11.5 Å². The average molecular weight is 515 g/mol. The van der Waals surface area contributed by atoms with E-state index in [1.807, 2.05) is 67.6 Å². The van der Waals surface area contributed by atoms with Gasteiger partial charge < -0.3 is 10.1 Å². The van der Waals surface area contributed by atoms with Crippen LogP contribution in [0.25, 0.3) is 6.08 Å². The minimum Gasteiger partial charge on any atom is -0.449 e. The van der Waals surface area contributed by atoms with Crippen molar-refractivity contribution in [3.8, 4) is 5.75 Å². The zero-order valence-electron chi connectivity index (χ0n) is 21.9. The lowest BCUT2D eigenvalue weighted by atomic mass is 9.87. The number of hydrogen-bond acceptors (Lipinski definition) is 3. The van der Waals surface area contributed by atoms with Gasteiger partial charge in [-0.25, -0.2) is 0 Å². The summed E-state index contributed by atoms with van der Waals surface area (Å²) >= 11 is 0. The van der Waals surface area contributed by atoms with Crippen molar-refractivity contribution in [2.45, 2.75) is 38.8 Å². The van der Waals surface area contributed by atoms with E-state index in [1.165, 1.54) is 11.1 Å². The van der Waals surface area contributed by atoms with Crippen LogP contribution in [0.3, 0.4) is 0 Å². The number of fused-ring (bicyclic) bond motifs is 2. The largest absolute Gasteiger partial charge is 0.449 e. The van der Waals surface area contributed by atoms with Crippen LogP contribution in [0.4, 0.5) is 5.69 Å². The predicted molar refractivity (Wildman–Crippen MR) is 153 cm³/mol. The van der Waals surface area contributed by atoms with E-state index in [-0.39, 0.29) is 23.6 Å². The lowest BCUT2D eigenvalue weighted by Gasteiger charge is -2.30. The van der Waals surface area contributed by atoms with E-state index in [9.17, 15) is 9.59 Å². The van der Waals surface area contributed by atoms with Crippen LogP contribution >= 0.6 is 0 Å².